The quantitative estimate of drug-likeness (QED) is 0.0481. The number of anilines is 2. The molecule has 2 aromatic heterocycles. The number of hydrogen-bond donors (Lipinski definition) is 5. The Bertz CT molecular complexity index is 2230. The maximum absolute atomic E-state index is 11.6. The number of ether oxygens (including phenoxy) is 3. The maximum atomic E-state index is 11.6. The van der Waals surface area contributed by atoms with E-state index in [4.69, 9.17) is 25.7 Å². The molecular formula is C42H44N4O6. The fraction of sp³-hybridized carbons (Fsp3) is 0.190. The molecule has 0 spiro atoms. The van der Waals surface area contributed by atoms with E-state index in [1.807, 2.05) is 98.8 Å². The number of rotatable bonds is 12. The molecule has 0 unspecified atom stereocenters. The van der Waals surface area contributed by atoms with Crippen LogP contribution < -0.4 is 11.5 Å². The van der Waals surface area contributed by atoms with Crippen molar-refractivity contribution < 1.29 is 28.9 Å². The molecule has 2 heterocycles. The number of fused-ring (bicyclic) bond motifs is 2. The van der Waals surface area contributed by atoms with Gasteiger partial charge in [0.1, 0.15) is 0 Å². The SMILES string of the molecule is CCOCc1cc(N)c2[nH]c(-c3ccccc3)c(/C=C(\C)C(=O)O)c2c1.CCOCc1cc(N)c2[nH]c(-c3ccccc3)c(/C=C/C(=O)OC)c2c1. The molecule has 0 saturated carbocycles. The summed E-state index contributed by atoms with van der Waals surface area (Å²) in [4.78, 5) is 29.7. The van der Waals surface area contributed by atoms with Gasteiger partial charge in [0.2, 0.25) is 0 Å². The highest BCUT2D eigenvalue weighted by Crippen LogP contribution is 2.37. The van der Waals surface area contributed by atoms with Crippen LogP contribution in [-0.4, -0.2) is 47.3 Å². The molecule has 10 nitrogen and oxygen atoms in total. The minimum Gasteiger partial charge on any atom is -0.478 e. The van der Waals surface area contributed by atoms with Crippen LogP contribution in [0.4, 0.5) is 11.4 Å². The molecule has 10 heteroatoms. The Morgan fingerprint density at radius 3 is 1.63 bits per heavy atom. The monoisotopic (exact) mass is 700 g/mol. The Morgan fingerprint density at radius 1 is 0.731 bits per heavy atom. The number of aliphatic carboxylic acids is 1. The van der Waals surface area contributed by atoms with Crippen molar-refractivity contribution in [1.82, 2.24) is 9.97 Å². The molecule has 0 aliphatic heterocycles. The third-order valence-electron chi connectivity index (χ3n) is 8.43. The van der Waals surface area contributed by atoms with Gasteiger partial charge in [-0.15, -0.1) is 0 Å². The second-order valence-corrected chi connectivity index (χ2v) is 12.0. The van der Waals surface area contributed by atoms with Gasteiger partial charge in [-0.3, -0.25) is 0 Å². The van der Waals surface area contributed by atoms with Crippen molar-refractivity contribution in [2.45, 2.75) is 34.0 Å². The number of carboxylic acid groups (broad SMARTS) is 1. The van der Waals surface area contributed by atoms with E-state index in [0.717, 1.165) is 66.6 Å². The molecular weight excluding hydrogens is 656 g/mol. The van der Waals surface area contributed by atoms with E-state index < -0.39 is 11.9 Å². The van der Waals surface area contributed by atoms with Gasteiger partial charge in [-0.05, 0) is 79.4 Å². The number of carbonyl (C=O) groups excluding carboxylic acids is 1. The number of nitrogen functional groups attached to an aromatic ring is 2. The van der Waals surface area contributed by atoms with Gasteiger partial charge in [0.25, 0.3) is 0 Å². The molecule has 52 heavy (non-hydrogen) atoms. The molecule has 4 aromatic carbocycles. The summed E-state index contributed by atoms with van der Waals surface area (Å²) in [6, 6.07) is 27.6. The zero-order valence-electron chi connectivity index (χ0n) is 29.8. The van der Waals surface area contributed by atoms with Crippen LogP contribution in [0.15, 0.2) is 96.6 Å². The van der Waals surface area contributed by atoms with Gasteiger partial charge in [0, 0.05) is 46.8 Å². The van der Waals surface area contributed by atoms with E-state index >= 15 is 0 Å². The van der Waals surface area contributed by atoms with Crippen LogP contribution in [0.3, 0.4) is 0 Å². The minimum absolute atomic E-state index is 0.261. The number of hydrogen-bond acceptors (Lipinski definition) is 7. The Morgan fingerprint density at radius 2 is 1.19 bits per heavy atom. The summed E-state index contributed by atoms with van der Waals surface area (Å²) in [5, 5.41) is 11.1. The number of benzene rings is 4. The lowest BCUT2D eigenvalue weighted by Crippen LogP contribution is -1.96. The first-order chi connectivity index (χ1) is 25.1. The maximum Gasteiger partial charge on any atom is 0.331 e. The summed E-state index contributed by atoms with van der Waals surface area (Å²) in [6.45, 7) is 7.68. The summed E-state index contributed by atoms with van der Waals surface area (Å²) in [6.07, 6.45) is 4.87. The van der Waals surface area contributed by atoms with Crippen LogP contribution >= 0.6 is 0 Å². The predicted molar refractivity (Wildman–Crippen MR) is 209 cm³/mol. The van der Waals surface area contributed by atoms with E-state index in [1.165, 1.54) is 13.2 Å². The molecule has 0 saturated heterocycles. The normalized spacial score (nSPS) is 11.6. The number of methoxy groups -OCH3 is 1. The fourth-order valence-corrected chi connectivity index (χ4v) is 5.90. The Balaban J connectivity index is 0.000000201. The van der Waals surface area contributed by atoms with Crippen LogP contribution in [0.5, 0.6) is 0 Å². The number of carboxylic acids is 1. The Hall–Kier alpha value is -6.10. The van der Waals surface area contributed by atoms with E-state index in [2.05, 4.69) is 9.97 Å². The second kappa shape index (κ2) is 17.2. The van der Waals surface area contributed by atoms with Crippen LogP contribution in [0.1, 0.15) is 43.0 Å². The average molecular weight is 701 g/mol. The van der Waals surface area contributed by atoms with Crippen molar-refractivity contribution >= 4 is 57.3 Å². The summed E-state index contributed by atoms with van der Waals surface area (Å²) in [5.74, 6) is -1.35. The number of esters is 1. The average Bonchev–Trinajstić information content (AvgIpc) is 3.72. The number of carbonyl (C=O) groups is 2. The zero-order chi connectivity index (χ0) is 37.2. The van der Waals surface area contributed by atoms with E-state index in [0.29, 0.717) is 37.8 Å². The third-order valence-corrected chi connectivity index (χ3v) is 8.43. The van der Waals surface area contributed by atoms with Crippen LogP contribution in [0.25, 0.3) is 56.5 Å². The first-order valence-corrected chi connectivity index (χ1v) is 17.0. The van der Waals surface area contributed by atoms with Crippen molar-refractivity contribution in [3.63, 3.8) is 0 Å². The number of H-pyrrole nitrogens is 2. The number of aromatic nitrogens is 2. The fourth-order valence-electron chi connectivity index (χ4n) is 5.90. The van der Waals surface area contributed by atoms with E-state index in [-0.39, 0.29) is 5.57 Å². The number of nitrogens with one attached hydrogen (secondary N) is 2. The van der Waals surface area contributed by atoms with Gasteiger partial charge in [-0.25, -0.2) is 9.59 Å². The highest BCUT2D eigenvalue weighted by molar-refractivity contribution is 6.06. The lowest BCUT2D eigenvalue weighted by Gasteiger charge is -2.05. The van der Waals surface area contributed by atoms with Crippen molar-refractivity contribution in [3.8, 4) is 22.5 Å². The van der Waals surface area contributed by atoms with Gasteiger partial charge in [-0.2, -0.15) is 0 Å². The molecule has 0 atom stereocenters. The van der Waals surface area contributed by atoms with Gasteiger partial charge in [0.05, 0.1) is 54.1 Å². The largest absolute Gasteiger partial charge is 0.478 e. The van der Waals surface area contributed by atoms with Gasteiger partial charge < -0.3 is 40.8 Å². The molecule has 0 bridgehead atoms. The molecule has 7 N–H and O–H groups in total. The first kappa shape index (κ1) is 37.2. The van der Waals surface area contributed by atoms with Gasteiger partial charge in [-0.1, -0.05) is 60.7 Å². The second-order valence-electron chi connectivity index (χ2n) is 12.0. The summed E-state index contributed by atoms with van der Waals surface area (Å²) in [7, 11) is 1.36. The van der Waals surface area contributed by atoms with Crippen LogP contribution in [0, 0.1) is 0 Å². The highest BCUT2D eigenvalue weighted by atomic mass is 16.5. The lowest BCUT2D eigenvalue weighted by atomic mass is 10.0. The van der Waals surface area contributed by atoms with Gasteiger partial charge in [0.15, 0.2) is 0 Å². The van der Waals surface area contributed by atoms with Crippen LogP contribution in [0.2, 0.25) is 0 Å². The third kappa shape index (κ3) is 8.60. The summed E-state index contributed by atoms with van der Waals surface area (Å²) >= 11 is 0. The molecule has 6 rings (SSSR count). The molecule has 0 radical (unpaired) electrons. The Labute approximate surface area is 302 Å². The number of nitrogens with two attached hydrogens (primary N) is 2. The summed E-state index contributed by atoms with van der Waals surface area (Å²) in [5.41, 5.74) is 23.1. The molecule has 268 valence electrons. The first-order valence-electron chi connectivity index (χ1n) is 17.0. The molecule has 0 fully saturated rings. The van der Waals surface area contributed by atoms with Crippen molar-refractivity contribution in [2.75, 3.05) is 31.8 Å². The lowest BCUT2D eigenvalue weighted by molar-refractivity contribution is -0.135. The Kier molecular flexibility index (Phi) is 12.3. The van der Waals surface area contributed by atoms with Crippen LogP contribution in [-0.2, 0) is 37.0 Å². The number of aromatic amines is 2. The van der Waals surface area contributed by atoms with E-state index in [1.54, 1.807) is 19.1 Å². The standard InChI is InChI=1S/2C21H22N2O3/c1-3-26-12-14-10-17-16(9-13(2)21(24)25)19(15-7-5-4-6-8-15)23-20(17)18(22)11-14;1-3-26-13-14-11-17-16(9-10-19(24)25-2)20(15-7-5-4-6-8-15)23-21(17)18(22)12-14/h4-11,23H,3,12,22H2,1-2H3,(H,24,25);4-12,23H,3,13,22H2,1-2H3/b13-9+;10-9+. The molecule has 0 aliphatic rings. The minimum atomic E-state index is -0.947. The highest BCUT2D eigenvalue weighted by Gasteiger charge is 2.17. The van der Waals surface area contributed by atoms with Crippen molar-refractivity contribution in [2.24, 2.45) is 0 Å². The zero-order valence-corrected chi connectivity index (χ0v) is 29.8. The summed E-state index contributed by atoms with van der Waals surface area (Å²) < 4.78 is 15.7. The topological polar surface area (TPSA) is 166 Å². The van der Waals surface area contributed by atoms with Crippen molar-refractivity contribution in [1.29, 1.82) is 0 Å². The van der Waals surface area contributed by atoms with Gasteiger partial charge >= 0.3 is 11.9 Å². The predicted octanol–water partition coefficient (Wildman–Crippen LogP) is 8.58. The smallest absolute Gasteiger partial charge is 0.331 e. The molecule has 0 amide bonds. The molecule has 0 aliphatic carbocycles. The molecule has 6 aromatic rings. The van der Waals surface area contributed by atoms with Crippen molar-refractivity contribution in [3.05, 3.63) is 119 Å². The van der Waals surface area contributed by atoms with E-state index in [9.17, 15) is 14.7 Å².